The molecule has 37 valence electrons. The fourth-order valence-corrected chi connectivity index (χ4v) is 0.393. The Kier molecular flexibility index (Phi) is 9.60. The van der Waals surface area contributed by atoms with Crippen LogP contribution in [0.15, 0.2) is 24.3 Å². The molecule has 0 nitrogen and oxygen atoms in total. The zero-order valence-corrected chi connectivity index (χ0v) is 6.04. The first-order valence-electron chi connectivity index (χ1n) is 1.82. The van der Waals surface area contributed by atoms with Crippen LogP contribution in [0.5, 0.6) is 0 Å². The second kappa shape index (κ2) is 6.44. The largest absolute Gasteiger partial charge is 0.0808 e. The maximum absolute atomic E-state index is 2.12. The van der Waals surface area contributed by atoms with Crippen LogP contribution in [0.1, 0.15) is 6.42 Å². The molecule has 0 saturated heterocycles. The van der Waals surface area contributed by atoms with Crippen molar-refractivity contribution in [3.05, 3.63) is 24.3 Å². The molecule has 0 atom stereocenters. The summed E-state index contributed by atoms with van der Waals surface area (Å²) in [5.41, 5.74) is 0. The number of allylic oxidation sites excluding steroid dienone is 4. The Labute approximate surface area is 58.4 Å². The van der Waals surface area contributed by atoms with E-state index in [-0.39, 0.29) is 27.3 Å². The first kappa shape index (κ1) is 10.4. The van der Waals surface area contributed by atoms with E-state index in [0.29, 0.717) is 0 Å². The third-order valence-corrected chi connectivity index (χ3v) is 0.655. The minimum atomic E-state index is 0. The van der Waals surface area contributed by atoms with Gasteiger partial charge in [0.2, 0.25) is 0 Å². The molecule has 2 heteroatoms. The van der Waals surface area contributed by atoms with E-state index in [2.05, 4.69) is 24.3 Å². The van der Waals surface area contributed by atoms with Crippen molar-refractivity contribution in [2.45, 2.75) is 6.42 Å². The molecule has 0 amide bonds. The van der Waals surface area contributed by atoms with Gasteiger partial charge in [0.15, 0.2) is 0 Å². The smallest absolute Gasteiger partial charge is 0 e. The summed E-state index contributed by atoms with van der Waals surface area (Å²) in [6.07, 6.45) is 9.50. The molecule has 0 aliphatic heterocycles. The van der Waals surface area contributed by atoms with Gasteiger partial charge in [0.05, 0.1) is 0 Å². The Hall–Kier alpha value is 0.442. The summed E-state index contributed by atoms with van der Waals surface area (Å²) < 4.78 is 0. The zero-order chi connectivity index (χ0) is 3.54. The molecule has 0 unspecified atom stereocenters. The predicted molar refractivity (Wildman–Crippen MR) is 29.8 cm³/mol. The Morgan fingerprint density at radius 1 is 1.00 bits per heavy atom. The molecule has 1 rings (SSSR count). The van der Waals surface area contributed by atoms with Crippen LogP contribution in [0.4, 0.5) is 0 Å². The first-order valence-corrected chi connectivity index (χ1v) is 1.82. The molecule has 3 radical (unpaired) electrons. The summed E-state index contributed by atoms with van der Waals surface area (Å²) in [7, 11) is 0. The van der Waals surface area contributed by atoms with Gasteiger partial charge in [-0.05, 0) is 6.42 Å². The third kappa shape index (κ3) is 4.29. The van der Waals surface area contributed by atoms with E-state index in [1.54, 1.807) is 0 Å². The maximum Gasteiger partial charge on any atom is 0 e. The normalized spacial score (nSPS) is 12.6. The monoisotopic (exact) mass is 149 g/mol. The molecule has 7 heavy (non-hydrogen) atoms. The summed E-state index contributed by atoms with van der Waals surface area (Å²) in [4.78, 5) is 0. The third-order valence-electron chi connectivity index (χ3n) is 0.655. The quantitative estimate of drug-likeness (QED) is 0.464. The number of rotatable bonds is 0. The van der Waals surface area contributed by atoms with Gasteiger partial charge >= 0.3 is 0 Å². The molecule has 0 bridgehead atoms. The Morgan fingerprint density at radius 3 is 1.57 bits per heavy atom. The molecule has 0 heterocycles. The predicted octanol–water partition coefficient (Wildman–Crippen LogP) is 2.36. The van der Waals surface area contributed by atoms with E-state index < -0.39 is 0 Å². The maximum atomic E-state index is 2.12. The molecule has 0 aromatic carbocycles. The fourth-order valence-electron chi connectivity index (χ4n) is 0.393. The minimum Gasteiger partial charge on any atom is -0.0808 e. The molecule has 1 aliphatic rings. The SMILES string of the molecule is C1=CCC=C1.[Cr].[P]. The van der Waals surface area contributed by atoms with Gasteiger partial charge in [0.25, 0.3) is 0 Å². The number of hydrogen-bond acceptors (Lipinski definition) is 0. The second-order valence-electron chi connectivity index (χ2n) is 1.09. The Morgan fingerprint density at radius 2 is 1.43 bits per heavy atom. The second-order valence-corrected chi connectivity index (χ2v) is 1.09. The molecular formula is C5H6CrP. The van der Waals surface area contributed by atoms with E-state index in [9.17, 15) is 0 Å². The van der Waals surface area contributed by atoms with Crippen molar-refractivity contribution < 1.29 is 17.4 Å². The van der Waals surface area contributed by atoms with Crippen LogP contribution in [0.25, 0.3) is 0 Å². The summed E-state index contributed by atoms with van der Waals surface area (Å²) in [5, 5.41) is 0. The topological polar surface area (TPSA) is 0 Å². The van der Waals surface area contributed by atoms with Crippen molar-refractivity contribution in [1.29, 1.82) is 0 Å². The van der Waals surface area contributed by atoms with Crippen LogP contribution < -0.4 is 0 Å². The summed E-state index contributed by atoms with van der Waals surface area (Å²) >= 11 is 0. The molecule has 0 fully saturated rings. The van der Waals surface area contributed by atoms with Gasteiger partial charge in [0.1, 0.15) is 0 Å². The molecule has 0 aromatic heterocycles. The van der Waals surface area contributed by atoms with Gasteiger partial charge in [-0.15, -0.1) is 0 Å². The van der Waals surface area contributed by atoms with Gasteiger partial charge < -0.3 is 0 Å². The molecule has 0 N–H and O–H groups in total. The minimum absolute atomic E-state index is 0. The van der Waals surface area contributed by atoms with Gasteiger partial charge in [0, 0.05) is 27.3 Å². The average molecular weight is 149 g/mol. The van der Waals surface area contributed by atoms with Gasteiger partial charge in [-0.3, -0.25) is 0 Å². The van der Waals surface area contributed by atoms with Gasteiger partial charge in [-0.1, -0.05) is 24.3 Å². The standard InChI is InChI=1S/C5H6.Cr.P/c1-2-4-5-3-1;;/h1-4H,5H2;;. The van der Waals surface area contributed by atoms with E-state index >= 15 is 0 Å². The van der Waals surface area contributed by atoms with E-state index in [0.717, 1.165) is 6.42 Å². The summed E-state index contributed by atoms with van der Waals surface area (Å²) in [6, 6.07) is 0. The van der Waals surface area contributed by atoms with Crippen molar-refractivity contribution in [3.8, 4) is 0 Å². The van der Waals surface area contributed by atoms with E-state index in [1.807, 2.05) is 0 Å². The molecule has 0 aromatic rings. The van der Waals surface area contributed by atoms with Crippen LogP contribution in [-0.2, 0) is 17.4 Å². The van der Waals surface area contributed by atoms with Crippen LogP contribution in [0.3, 0.4) is 0 Å². The summed E-state index contributed by atoms with van der Waals surface area (Å²) in [6.45, 7) is 0. The van der Waals surface area contributed by atoms with Gasteiger partial charge in [-0.2, -0.15) is 0 Å². The van der Waals surface area contributed by atoms with Crippen molar-refractivity contribution >= 4 is 9.90 Å². The van der Waals surface area contributed by atoms with Crippen LogP contribution >= 0.6 is 9.90 Å². The first-order chi connectivity index (χ1) is 2.50. The van der Waals surface area contributed by atoms with Crippen LogP contribution in [-0.4, -0.2) is 0 Å². The van der Waals surface area contributed by atoms with E-state index in [4.69, 9.17) is 0 Å². The van der Waals surface area contributed by atoms with Crippen molar-refractivity contribution in [3.63, 3.8) is 0 Å². The summed E-state index contributed by atoms with van der Waals surface area (Å²) in [5.74, 6) is 0. The molecular weight excluding hydrogens is 143 g/mol. The van der Waals surface area contributed by atoms with Crippen molar-refractivity contribution in [2.75, 3.05) is 0 Å². The molecule has 1 aliphatic carbocycles. The van der Waals surface area contributed by atoms with Crippen LogP contribution in [0, 0.1) is 0 Å². The fraction of sp³-hybridized carbons (Fsp3) is 0.200. The Balaban J connectivity index is 0. The van der Waals surface area contributed by atoms with E-state index in [1.165, 1.54) is 0 Å². The molecule has 0 saturated carbocycles. The Bertz CT molecular complexity index is 66.1. The van der Waals surface area contributed by atoms with Crippen molar-refractivity contribution in [1.82, 2.24) is 0 Å². The zero-order valence-electron chi connectivity index (χ0n) is 3.87. The average Bonchev–Trinajstić information content (AvgIpc) is 1.76. The van der Waals surface area contributed by atoms with Gasteiger partial charge in [-0.25, -0.2) is 0 Å². The molecule has 0 spiro atoms. The number of hydrogen-bond donors (Lipinski definition) is 0. The van der Waals surface area contributed by atoms with Crippen LogP contribution in [0.2, 0.25) is 0 Å². The van der Waals surface area contributed by atoms with Crippen molar-refractivity contribution in [2.24, 2.45) is 0 Å².